The maximum absolute atomic E-state index is 9.44. The summed E-state index contributed by atoms with van der Waals surface area (Å²) in [5.74, 6) is 0.935. The van der Waals surface area contributed by atoms with Crippen LogP contribution in [0.1, 0.15) is 68.5 Å². The van der Waals surface area contributed by atoms with Crippen LogP contribution in [0, 0.1) is 5.41 Å². The normalized spacial score (nSPS) is 15.0. The minimum atomic E-state index is 0.0938. The van der Waals surface area contributed by atoms with Gasteiger partial charge < -0.3 is 15.3 Å². The number of aliphatic hydroxyl groups excluding tert-OH is 1. The molecule has 0 aliphatic heterocycles. The van der Waals surface area contributed by atoms with Crippen molar-refractivity contribution >= 4 is 17.3 Å². The molecule has 0 aromatic carbocycles. The Morgan fingerprint density at radius 3 is 2.62 bits per heavy atom. The molecule has 0 bridgehead atoms. The van der Waals surface area contributed by atoms with Crippen LogP contribution in [0.2, 0.25) is 0 Å². The zero-order chi connectivity index (χ0) is 19.0. The molecule has 6 heteroatoms. The van der Waals surface area contributed by atoms with Gasteiger partial charge in [-0.15, -0.1) is 11.3 Å². The second-order valence-electron chi connectivity index (χ2n) is 7.39. The van der Waals surface area contributed by atoms with Gasteiger partial charge in [-0.25, -0.2) is 4.98 Å². The number of thiazole rings is 1. The van der Waals surface area contributed by atoms with Crippen LogP contribution in [-0.2, 0) is 19.4 Å². The molecule has 0 atom stereocenters. The van der Waals surface area contributed by atoms with E-state index >= 15 is 0 Å². The van der Waals surface area contributed by atoms with Gasteiger partial charge in [-0.05, 0) is 57.3 Å². The summed E-state index contributed by atoms with van der Waals surface area (Å²) in [7, 11) is 2.09. The van der Waals surface area contributed by atoms with E-state index in [1.165, 1.54) is 34.8 Å². The lowest BCUT2D eigenvalue weighted by molar-refractivity contribution is 0.175. The average Bonchev–Trinajstić information content (AvgIpc) is 3.06. The second-order valence-corrected chi connectivity index (χ2v) is 8.56. The lowest BCUT2D eigenvalue weighted by atomic mass is 9.79. The number of guanidine groups is 1. The van der Waals surface area contributed by atoms with Gasteiger partial charge in [-0.3, -0.25) is 4.99 Å². The molecule has 1 heterocycles. The largest absolute Gasteiger partial charge is 0.396 e. The third-order valence-electron chi connectivity index (χ3n) is 5.67. The molecule has 5 nitrogen and oxygen atoms in total. The van der Waals surface area contributed by atoms with Gasteiger partial charge in [0.1, 0.15) is 5.01 Å². The third-order valence-corrected chi connectivity index (χ3v) is 6.81. The Morgan fingerprint density at radius 1 is 1.27 bits per heavy atom. The summed E-state index contributed by atoms with van der Waals surface area (Å²) in [5.41, 5.74) is 1.42. The summed E-state index contributed by atoms with van der Waals surface area (Å²) in [4.78, 5) is 13.5. The predicted molar refractivity (Wildman–Crippen MR) is 111 cm³/mol. The molecule has 2 rings (SSSR count). The minimum Gasteiger partial charge on any atom is -0.396 e. The van der Waals surface area contributed by atoms with Crippen molar-refractivity contribution < 1.29 is 5.11 Å². The maximum atomic E-state index is 9.44. The SMILES string of the molecule is CCNC(=NCC(CC)(CC)CCO)N(C)Cc1nc2c(s1)CCCC2. The second kappa shape index (κ2) is 10.3. The van der Waals surface area contributed by atoms with E-state index in [9.17, 15) is 5.11 Å². The van der Waals surface area contributed by atoms with Crippen molar-refractivity contribution in [3.63, 3.8) is 0 Å². The van der Waals surface area contributed by atoms with E-state index in [1.807, 2.05) is 11.3 Å². The molecule has 1 aliphatic carbocycles. The van der Waals surface area contributed by atoms with Crippen LogP contribution in [-0.4, -0.2) is 47.7 Å². The lowest BCUT2D eigenvalue weighted by Crippen LogP contribution is -2.39. The number of aryl methyl sites for hydroxylation is 2. The monoisotopic (exact) mass is 380 g/mol. The zero-order valence-corrected chi connectivity index (χ0v) is 17.8. The molecule has 2 N–H and O–H groups in total. The molecule has 26 heavy (non-hydrogen) atoms. The molecule has 1 aromatic heterocycles. The highest BCUT2D eigenvalue weighted by Gasteiger charge is 2.26. The number of hydrogen-bond acceptors (Lipinski definition) is 4. The molecule has 0 fully saturated rings. The standard InChI is InChI=1S/C20H36N4OS/c1-5-20(6-2,12-13-25)15-22-19(21-7-3)24(4)14-18-23-16-10-8-9-11-17(16)26-18/h25H,5-15H2,1-4H3,(H,21,22). The molecule has 0 unspecified atom stereocenters. The number of rotatable bonds is 9. The van der Waals surface area contributed by atoms with E-state index in [0.29, 0.717) is 0 Å². The van der Waals surface area contributed by atoms with Crippen molar-refractivity contribution in [2.75, 3.05) is 26.7 Å². The first kappa shape index (κ1) is 21.2. The van der Waals surface area contributed by atoms with Gasteiger partial charge in [0.25, 0.3) is 0 Å². The van der Waals surface area contributed by atoms with Gasteiger partial charge in [-0.1, -0.05) is 13.8 Å². The average molecular weight is 381 g/mol. The summed E-state index contributed by atoms with van der Waals surface area (Å²) in [6, 6.07) is 0. The highest BCUT2D eigenvalue weighted by atomic mass is 32.1. The number of aliphatic hydroxyl groups is 1. The number of aliphatic imine (C=N–C) groups is 1. The number of fused-ring (bicyclic) bond motifs is 1. The first-order chi connectivity index (χ1) is 12.6. The summed E-state index contributed by atoms with van der Waals surface area (Å²) in [6.07, 6.45) is 7.80. The molecular weight excluding hydrogens is 344 g/mol. The van der Waals surface area contributed by atoms with Gasteiger partial charge in [-0.2, -0.15) is 0 Å². The van der Waals surface area contributed by atoms with E-state index < -0.39 is 0 Å². The van der Waals surface area contributed by atoms with Crippen LogP contribution in [0.15, 0.2) is 4.99 Å². The van der Waals surface area contributed by atoms with Crippen molar-refractivity contribution in [2.24, 2.45) is 10.4 Å². The molecule has 1 aromatic rings. The Labute approximate surface area is 162 Å². The zero-order valence-electron chi connectivity index (χ0n) is 17.0. The number of hydrogen-bond donors (Lipinski definition) is 2. The summed E-state index contributed by atoms with van der Waals surface area (Å²) in [5, 5.41) is 14.0. The van der Waals surface area contributed by atoms with Crippen LogP contribution in [0.4, 0.5) is 0 Å². The Bertz CT molecular complexity index is 557. The predicted octanol–water partition coefficient (Wildman–Crippen LogP) is 3.61. The Kier molecular flexibility index (Phi) is 8.35. The summed E-state index contributed by atoms with van der Waals surface area (Å²) < 4.78 is 0. The van der Waals surface area contributed by atoms with Crippen molar-refractivity contribution in [3.8, 4) is 0 Å². The molecule has 0 spiro atoms. The number of aromatic nitrogens is 1. The van der Waals surface area contributed by atoms with Gasteiger partial charge in [0.05, 0.1) is 12.2 Å². The minimum absolute atomic E-state index is 0.0938. The van der Waals surface area contributed by atoms with E-state index in [0.717, 1.165) is 51.3 Å². The number of nitrogens with zero attached hydrogens (tertiary/aromatic N) is 3. The van der Waals surface area contributed by atoms with E-state index in [4.69, 9.17) is 9.98 Å². The van der Waals surface area contributed by atoms with Crippen LogP contribution in [0.25, 0.3) is 0 Å². The van der Waals surface area contributed by atoms with E-state index in [1.54, 1.807) is 0 Å². The Hall–Kier alpha value is -1.14. The van der Waals surface area contributed by atoms with Gasteiger partial charge in [0.15, 0.2) is 5.96 Å². The van der Waals surface area contributed by atoms with Crippen molar-refractivity contribution in [3.05, 3.63) is 15.6 Å². The fourth-order valence-electron chi connectivity index (χ4n) is 3.61. The first-order valence-corrected chi connectivity index (χ1v) is 11.0. The molecule has 0 saturated heterocycles. The molecule has 0 saturated carbocycles. The van der Waals surface area contributed by atoms with Crippen molar-refractivity contribution in [1.29, 1.82) is 0 Å². The fourth-order valence-corrected chi connectivity index (χ4v) is 4.82. The molecule has 1 aliphatic rings. The quantitative estimate of drug-likeness (QED) is 0.507. The van der Waals surface area contributed by atoms with Gasteiger partial charge in [0, 0.05) is 31.6 Å². The highest BCUT2D eigenvalue weighted by molar-refractivity contribution is 7.11. The highest BCUT2D eigenvalue weighted by Crippen LogP contribution is 2.31. The van der Waals surface area contributed by atoms with Crippen LogP contribution >= 0.6 is 11.3 Å². The van der Waals surface area contributed by atoms with Crippen LogP contribution in [0.3, 0.4) is 0 Å². The van der Waals surface area contributed by atoms with E-state index in [2.05, 4.69) is 38.0 Å². The van der Waals surface area contributed by atoms with Gasteiger partial charge in [0.2, 0.25) is 0 Å². The summed E-state index contributed by atoms with van der Waals surface area (Å²) in [6.45, 7) is 9.14. The van der Waals surface area contributed by atoms with Gasteiger partial charge >= 0.3 is 0 Å². The maximum Gasteiger partial charge on any atom is 0.194 e. The molecule has 0 radical (unpaired) electrons. The smallest absolute Gasteiger partial charge is 0.194 e. The lowest BCUT2D eigenvalue weighted by Gasteiger charge is -2.30. The van der Waals surface area contributed by atoms with E-state index in [-0.39, 0.29) is 12.0 Å². The molecule has 0 amide bonds. The van der Waals surface area contributed by atoms with Crippen LogP contribution < -0.4 is 5.32 Å². The summed E-state index contributed by atoms with van der Waals surface area (Å²) >= 11 is 1.87. The third kappa shape index (κ3) is 5.43. The Morgan fingerprint density at radius 2 is 2.00 bits per heavy atom. The first-order valence-electron chi connectivity index (χ1n) is 10.1. The topological polar surface area (TPSA) is 60.8 Å². The fraction of sp³-hybridized carbons (Fsp3) is 0.800. The Balaban J connectivity index is 2.08. The van der Waals surface area contributed by atoms with Crippen LogP contribution in [0.5, 0.6) is 0 Å². The van der Waals surface area contributed by atoms with Crippen molar-refractivity contribution in [2.45, 2.75) is 72.3 Å². The van der Waals surface area contributed by atoms with Crippen molar-refractivity contribution in [1.82, 2.24) is 15.2 Å². The molecule has 148 valence electrons. The molecular formula is C20H36N4OS. The number of nitrogens with one attached hydrogen (secondary N) is 1.